The normalized spacial score (nSPS) is 15.5. The summed E-state index contributed by atoms with van der Waals surface area (Å²) in [5.74, 6) is -0.106. The number of hydrogen-bond acceptors (Lipinski definition) is 8. The van der Waals surface area contributed by atoms with Crippen LogP contribution in [-0.4, -0.2) is 36.1 Å². The first-order chi connectivity index (χ1) is 29.3. The summed E-state index contributed by atoms with van der Waals surface area (Å²) in [5.41, 5.74) is 8.64. The van der Waals surface area contributed by atoms with Gasteiger partial charge in [-0.05, 0) is 182 Å². The van der Waals surface area contributed by atoms with Crippen LogP contribution in [0.4, 0.5) is 8.78 Å². The molecule has 308 valence electrons. The highest BCUT2D eigenvalue weighted by Gasteiger charge is 2.24. The van der Waals surface area contributed by atoms with Crippen molar-refractivity contribution in [1.29, 1.82) is 0 Å². The van der Waals surface area contributed by atoms with Crippen molar-refractivity contribution >= 4 is 35.5 Å². The number of carbonyl (C=O) groups is 2. The molecule has 60 heavy (non-hydrogen) atoms. The van der Waals surface area contributed by atoms with Gasteiger partial charge in [-0.15, -0.1) is 0 Å². The molecule has 0 fully saturated rings. The van der Waals surface area contributed by atoms with Crippen molar-refractivity contribution in [3.05, 3.63) is 178 Å². The molecular formula is C50H48F2N2O4S2. The van der Waals surface area contributed by atoms with Gasteiger partial charge in [0, 0.05) is 44.4 Å². The molecule has 2 atom stereocenters. The van der Waals surface area contributed by atoms with Crippen molar-refractivity contribution in [1.82, 2.24) is 9.97 Å². The summed E-state index contributed by atoms with van der Waals surface area (Å²) in [6.07, 6.45) is 17.1. The predicted molar refractivity (Wildman–Crippen MR) is 233 cm³/mol. The number of fused-ring (bicyclic) bond motifs is 2. The lowest BCUT2D eigenvalue weighted by molar-refractivity contribution is 0.0590. The quantitative estimate of drug-likeness (QED) is 0.113. The molecule has 6 nitrogen and oxygen atoms in total. The number of halogens is 2. The highest BCUT2D eigenvalue weighted by molar-refractivity contribution is 7.99. The van der Waals surface area contributed by atoms with Crippen LogP contribution in [0.25, 0.3) is 0 Å². The summed E-state index contributed by atoms with van der Waals surface area (Å²) in [7, 11) is 2.81. The Morgan fingerprint density at radius 3 is 1.45 bits per heavy atom. The molecule has 0 amide bonds. The number of methoxy groups -OCH3 is 2. The van der Waals surface area contributed by atoms with E-state index in [1.54, 1.807) is 84.7 Å². The topological polar surface area (TPSA) is 78.4 Å². The molecule has 2 heterocycles. The second-order valence-corrected chi connectivity index (χ2v) is 17.4. The minimum atomic E-state index is -0.310. The van der Waals surface area contributed by atoms with Crippen molar-refractivity contribution in [2.75, 3.05) is 14.2 Å². The average Bonchev–Trinajstić information content (AvgIpc) is 3.27. The van der Waals surface area contributed by atoms with Gasteiger partial charge in [-0.25, -0.2) is 18.4 Å². The summed E-state index contributed by atoms with van der Waals surface area (Å²) in [4.78, 5) is 36.5. The van der Waals surface area contributed by atoms with Gasteiger partial charge >= 0.3 is 11.9 Å². The SMILES string of the molecule is COC(=O)c1ccncc1CC[C@@H]1CCCc2cc(Sc3cccc(F)c3)ccc21.COC(=O)c1ccncc1CC[C@H]1CCCc2cc(Sc3cccc(F)c3)ccc21. The second-order valence-electron chi connectivity index (χ2n) is 15.1. The molecule has 0 N–H and O–H groups in total. The third-order valence-electron chi connectivity index (χ3n) is 11.3. The van der Waals surface area contributed by atoms with Crippen LogP contribution in [0.5, 0.6) is 0 Å². The van der Waals surface area contributed by atoms with E-state index in [4.69, 9.17) is 9.47 Å². The van der Waals surface area contributed by atoms with Gasteiger partial charge in [0.2, 0.25) is 0 Å². The Balaban J connectivity index is 0.000000181. The molecule has 2 aliphatic carbocycles. The van der Waals surface area contributed by atoms with Crippen LogP contribution in [0.3, 0.4) is 0 Å². The highest BCUT2D eigenvalue weighted by Crippen LogP contribution is 2.40. The Labute approximate surface area is 359 Å². The van der Waals surface area contributed by atoms with Crippen molar-refractivity contribution < 1.29 is 27.8 Å². The molecule has 2 aromatic heterocycles. The zero-order valence-electron chi connectivity index (χ0n) is 33.9. The minimum Gasteiger partial charge on any atom is -0.465 e. The molecule has 0 bridgehead atoms. The Kier molecular flexibility index (Phi) is 14.8. The fourth-order valence-corrected chi connectivity index (χ4v) is 10.2. The molecule has 0 radical (unpaired) electrons. The summed E-state index contributed by atoms with van der Waals surface area (Å²) in [6.45, 7) is 0. The number of esters is 2. The first-order valence-electron chi connectivity index (χ1n) is 20.4. The van der Waals surface area contributed by atoms with Gasteiger partial charge < -0.3 is 9.47 Å². The predicted octanol–water partition coefficient (Wildman–Crippen LogP) is 12.4. The largest absolute Gasteiger partial charge is 0.465 e. The van der Waals surface area contributed by atoms with E-state index in [0.29, 0.717) is 23.0 Å². The van der Waals surface area contributed by atoms with Gasteiger partial charge in [0.25, 0.3) is 0 Å². The maximum Gasteiger partial charge on any atom is 0.338 e. The number of benzene rings is 4. The van der Waals surface area contributed by atoms with E-state index < -0.39 is 0 Å². The van der Waals surface area contributed by atoms with E-state index in [9.17, 15) is 18.4 Å². The Morgan fingerprint density at radius 2 is 1.03 bits per heavy atom. The van der Waals surface area contributed by atoms with Gasteiger partial charge in [0.1, 0.15) is 11.6 Å². The van der Waals surface area contributed by atoms with Crippen molar-refractivity contribution in [3.63, 3.8) is 0 Å². The highest BCUT2D eigenvalue weighted by atomic mass is 32.2. The Bertz CT molecular complexity index is 2270. The molecule has 4 aromatic carbocycles. The van der Waals surface area contributed by atoms with Crippen LogP contribution in [0.15, 0.2) is 141 Å². The Hall–Kier alpha value is -5.32. The van der Waals surface area contributed by atoms with Gasteiger partial charge in [-0.3, -0.25) is 9.97 Å². The molecule has 6 aromatic rings. The lowest BCUT2D eigenvalue weighted by Crippen LogP contribution is -2.12. The first-order valence-corrected chi connectivity index (χ1v) is 22.1. The lowest BCUT2D eigenvalue weighted by Gasteiger charge is -2.26. The second kappa shape index (κ2) is 20.8. The average molecular weight is 843 g/mol. The van der Waals surface area contributed by atoms with E-state index in [-0.39, 0.29) is 23.6 Å². The number of aromatic nitrogens is 2. The van der Waals surface area contributed by atoms with Crippen molar-refractivity contribution in [3.8, 4) is 0 Å². The molecule has 0 saturated heterocycles. The zero-order chi connectivity index (χ0) is 41.8. The molecule has 0 aliphatic heterocycles. The van der Waals surface area contributed by atoms with E-state index in [1.807, 2.05) is 12.1 Å². The van der Waals surface area contributed by atoms with E-state index >= 15 is 0 Å². The number of carbonyl (C=O) groups excluding carboxylic acids is 2. The monoisotopic (exact) mass is 842 g/mol. The van der Waals surface area contributed by atoms with Crippen LogP contribution in [0.2, 0.25) is 0 Å². The maximum absolute atomic E-state index is 13.5. The van der Waals surface area contributed by atoms with Crippen LogP contribution < -0.4 is 0 Å². The van der Waals surface area contributed by atoms with Crippen LogP contribution in [0.1, 0.15) is 104 Å². The molecule has 0 spiro atoms. The lowest BCUT2D eigenvalue weighted by atomic mass is 9.80. The fraction of sp³-hybridized carbons (Fsp3) is 0.280. The van der Waals surface area contributed by atoms with Gasteiger partial charge in [-0.1, -0.05) is 47.8 Å². The molecule has 0 saturated carbocycles. The molecule has 8 rings (SSSR count). The molecular weight excluding hydrogens is 795 g/mol. The van der Waals surface area contributed by atoms with E-state index in [2.05, 4.69) is 46.4 Å². The minimum absolute atomic E-state index is 0.209. The first kappa shape index (κ1) is 42.8. The van der Waals surface area contributed by atoms with E-state index in [0.717, 1.165) is 94.9 Å². The molecule has 2 aliphatic rings. The number of pyridine rings is 2. The summed E-state index contributed by atoms with van der Waals surface area (Å²) < 4.78 is 36.8. The Morgan fingerprint density at radius 1 is 0.600 bits per heavy atom. The zero-order valence-corrected chi connectivity index (χ0v) is 35.5. The van der Waals surface area contributed by atoms with Crippen LogP contribution >= 0.6 is 23.5 Å². The number of ether oxygens (including phenoxy) is 2. The number of hydrogen-bond donors (Lipinski definition) is 0. The third-order valence-corrected chi connectivity index (χ3v) is 13.3. The summed E-state index contributed by atoms with van der Waals surface area (Å²) in [5, 5.41) is 0. The van der Waals surface area contributed by atoms with Gasteiger partial charge in [0.05, 0.1) is 25.3 Å². The number of rotatable bonds is 12. The van der Waals surface area contributed by atoms with Crippen molar-refractivity contribution in [2.45, 2.75) is 95.6 Å². The third kappa shape index (κ3) is 11.1. The smallest absolute Gasteiger partial charge is 0.338 e. The number of nitrogens with zero attached hydrogens (tertiary/aromatic N) is 2. The summed E-state index contributed by atoms with van der Waals surface area (Å²) in [6, 6.07) is 30.1. The number of aryl methyl sites for hydroxylation is 4. The fourth-order valence-electron chi connectivity index (χ4n) is 8.37. The van der Waals surface area contributed by atoms with E-state index in [1.165, 1.54) is 48.6 Å². The van der Waals surface area contributed by atoms with Crippen LogP contribution in [0, 0.1) is 11.6 Å². The van der Waals surface area contributed by atoms with Crippen molar-refractivity contribution in [2.24, 2.45) is 0 Å². The maximum atomic E-state index is 13.5. The summed E-state index contributed by atoms with van der Waals surface area (Å²) >= 11 is 3.19. The van der Waals surface area contributed by atoms with Gasteiger partial charge in [-0.2, -0.15) is 0 Å². The molecule has 10 heteroatoms. The standard InChI is InChI=1S/2C25H24FNO2S/c2*1-29-25(28)24-12-13-27-16-19(24)9-8-17-4-2-5-18-14-22(10-11-23(17)18)30-21-7-3-6-20(26)15-21/h2*3,6-7,10-17H,2,4-5,8-9H2,1H3/t2*17-/m10/s1. The molecule has 0 unspecified atom stereocenters. The van der Waals surface area contributed by atoms with Gasteiger partial charge in [0.15, 0.2) is 0 Å². The van der Waals surface area contributed by atoms with Crippen LogP contribution in [-0.2, 0) is 35.2 Å².